The van der Waals surface area contributed by atoms with E-state index in [2.05, 4.69) is 5.32 Å². The topological polar surface area (TPSA) is 75.7 Å². The fourth-order valence-corrected chi connectivity index (χ4v) is 4.02. The van der Waals surface area contributed by atoms with Gasteiger partial charge in [-0.15, -0.1) is 11.8 Å². The number of benzene rings is 1. The van der Waals surface area contributed by atoms with E-state index in [9.17, 15) is 14.4 Å². The van der Waals surface area contributed by atoms with Gasteiger partial charge < -0.3 is 10.1 Å². The van der Waals surface area contributed by atoms with Crippen molar-refractivity contribution in [3.63, 3.8) is 0 Å². The van der Waals surface area contributed by atoms with Gasteiger partial charge in [0.2, 0.25) is 17.7 Å². The van der Waals surface area contributed by atoms with Crippen LogP contribution >= 0.6 is 23.4 Å². The average Bonchev–Trinajstić information content (AvgIpc) is 2.59. The number of methoxy groups -OCH3 is 1. The molecule has 1 aromatic rings. The van der Waals surface area contributed by atoms with Crippen molar-refractivity contribution in [1.82, 2.24) is 4.90 Å². The largest absolute Gasteiger partial charge is 0.495 e. The summed E-state index contributed by atoms with van der Waals surface area (Å²) in [4.78, 5) is 38.3. The molecule has 6 nitrogen and oxygen atoms in total. The van der Waals surface area contributed by atoms with E-state index in [0.29, 0.717) is 29.3 Å². The molecule has 2 atom stereocenters. The van der Waals surface area contributed by atoms with Crippen molar-refractivity contribution in [1.29, 1.82) is 0 Å². The minimum absolute atomic E-state index is 0.295. The zero-order chi connectivity index (χ0) is 18.6. The van der Waals surface area contributed by atoms with Crippen molar-refractivity contribution in [2.24, 2.45) is 0 Å². The molecule has 0 unspecified atom stereocenters. The number of ether oxygens (including phenoxy) is 1. The second-order valence-corrected chi connectivity index (χ2v) is 7.43. The van der Waals surface area contributed by atoms with Crippen LogP contribution in [0.15, 0.2) is 18.2 Å². The van der Waals surface area contributed by atoms with Crippen molar-refractivity contribution in [3.05, 3.63) is 23.2 Å². The number of thioether (sulfide) groups is 1. The van der Waals surface area contributed by atoms with E-state index in [1.165, 1.54) is 18.9 Å². The van der Waals surface area contributed by atoms with Crippen LogP contribution in [0, 0.1) is 0 Å². The van der Waals surface area contributed by atoms with E-state index < -0.39 is 5.91 Å². The zero-order valence-corrected chi connectivity index (χ0v) is 15.9. The minimum atomic E-state index is -0.473. The molecule has 8 heteroatoms. The highest BCUT2D eigenvalue weighted by molar-refractivity contribution is 8.02. The molecule has 0 radical (unpaired) electrons. The van der Waals surface area contributed by atoms with Gasteiger partial charge in [-0.05, 0) is 31.0 Å². The lowest BCUT2D eigenvalue weighted by atomic mass is 10.2. The van der Waals surface area contributed by atoms with Crippen molar-refractivity contribution >= 4 is 46.8 Å². The number of carbonyl (C=O) groups excluding carboxylic acids is 3. The molecule has 0 bridgehead atoms. The summed E-state index contributed by atoms with van der Waals surface area (Å²) >= 11 is 7.32. The first-order valence-electron chi connectivity index (χ1n) is 8.05. The summed E-state index contributed by atoms with van der Waals surface area (Å²) in [5, 5.41) is 2.50. The van der Waals surface area contributed by atoms with E-state index in [1.807, 2.05) is 13.8 Å². The SMILES string of the molecule is CC[C@@H]1S[C@H](CC)C(=O)N(CC(=O)Nc2cc(Cl)ccc2OC)C1=O. The summed E-state index contributed by atoms with van der Waals surface area (Å²) in [6.07, 6.45) is 1.24. The summed E-state index contributed by atoms with van der Waals surface area (Å²) < 4.78 is 5.18. The van der Waals surface area contributed by atoms with E-state index in [4.69, 9.17) is 16.3 Å². The molecule has 25 heavy (non-hydrogen) atoms. The first-order chi connectivity index (χ1) is 11.9. The van der Waals surface area contributed by atoms with E-state index in [-0.39, 0.29) is 28.9 Å². The van der Waals surface area contributed by atoms with E-state index >= 15 is 0 Å². The van der Waals surface area contributed by atoms with Gasteiger partial charge in [0.15, 0.2) is 0 Å². The zero-order valence-electron chi connectivity index (χ0n) is 14.4. The smallest absolute Gasteiger partial charge is 0.244 e. The molecule has 1 heterocycles. The van der Waals surface area contributed by atoms with E-state index in [0.717, 1.165) is 4.90 Å². The Labute approximate surface area is 156 Å². The molecule has 1 fully saturated rings. The number of anilines is 1. The van der Waals surface area contributed by atoms with Crippen LogP contribution in [0.25, 0.3) is 0 Å². The molecule has 2 rings (SSSR count). The molecule has 1 aromatic carbocycles. The number of nitrogens with one attached hydrogen (secondary N) is 1. The maximum Gasteiger partial charge on any atom is 0.244 e. The Morgan fingerprint density at radius 3 is 2.36 bits per heavy atom. The summed E-state index contributed by atoms with van der Waals surface area (Å²) in [5.74, 6) is -0.646. The molecule has 0 aromatic heterocycles. The quantitative estimate of drug-likeness (QED) is 0.763. The minimum Gasteiger partial charge on any atom is -0.495 e. The molecule has 136 valence electrons. The lowest BCUT2D eigenvalue weighted by molar-refractivity contribution is -0.147. The predicted octanol–water partition coefficient (Wildman–Crippen LogP) is 2.95. The van der Waals surface area contributed by atoms with Gasteiger partial charge in [-0.2, -0.15) is 0 Å². The van der Waals surface area contributed by atoms with Gasteiger partial charge in [0, 0.05) is 5.02 Å². The van der Waals surface area contributed by atoms with Crippen LogP contribution in [0.4, 0.5) is 5.69 Å². The maximum atomic E-state index is 12.5. The van der Waals surface area contributed by atoms with Crippen LogP contribution in [-0.4, -0.2) is 46.8 Å². The van der Waals surface area contributed by atoms with Crippen LogP contribution in [0.3, 0.4) is 0 Å². The Kier molecular flexibility index (Phi) is 6.72. The van der Waals surface area contributed by atoms with Gasteiger partial charge in [0.1, 0.15) is 12.3 Å². The van der Waals surface area contributed by atoms with Crippen LogP contribution in [0.1, 0.15) is 26.7 Å². The Morgan fingerprint density at radius 1 is 1.24 bits per heavy atom. The summed E-state index contributed by atoms with van der Waals surface area (Å²) in [7, 11) is 1.48. The number of imide groups is 1. The molecular formula is C17H21ClN2O4S. The van der Waals surface area contributed by atoms with Crippen LogP contribution in [-0.2, 0) is 14.4 Å². The number of halogens is 1. The van der Waals surface area contributed by atoms with Gasteiger partial charge in [0.05, 0.1) is 23.3 Å². The first kappa shape index (κ1) is 19.6. The lowest BCUT2D eigenvalue weighted by Crippen LogP contribution is -2.53. The third-order valence-corrected chi connectivity index (χ3v) is 5.85. The Bertz CT molecular complexity index is 661. The standard InChI is InChI=1S/C17H21ClN2O4S/c1-4-13-16(22)20(17(23)14(5-2)25-13)9-15(21)19-11-8-10(18)6-7-12(11)24-3/h6-8,13-14H,4-5,9H2,1-3H3,(H,19,21)/t13-,14+. The molecule has 1 aliphatic rings. The maximum absolute atomic E-state index is 12.5. The normalized spacial score (nSPS) is 20.6. The Hall–Kier alpha value is -1.73. The molecule has 0 saturated carbocycles. The molecular weight excluding hydrogens is 364 g/mol. The molecule has 0 aliphatic carbocycles. The highest BCUT2D eigenvalue weighted by Gasteiger charge is 2.40. The van der Waals surface area contributed by atoms with Gasteiger partial charge in [-0.3, -0.25) is 19.3 Å². The van der Waals surface area contributed by atoms with Crippen molar-refractivity contribution in [2.75, 3.05) is 19.0 Å². The monoisotopic (exact) mass is 384 g/mol. The van der Waals surface area contributed by atoms with Crippen LogP contribution < -0.4 is 10.1 Å². The van der Waals surface area contributed by atoms with Gasteiger partial charge in [-0.1, -0.05) is 25.4 Å². The fraction of sp³-hybridized carbons (Fsp3) is 0.471. The van der Waals surface area contributed by atoms with Crippen molar-refractivity contribution in [2.45, 2.75) is 37.2 Å². The Balaban J connectivity index is 2.14. The number of rotatable bonds is 6. The summed E-state index contributed by atoms with van der Waals surface area (Å²) in [6, 6.07) is 4.83. The average molecular weight is 385 g/mol. The van der Waals surface area contributed by atoms with Crippen molar-refractivity contribution < 1.29 is 19.1 Å². The van der Waals surface area contributed by atoms with Crippen LogP contribution in [0.5, 0.6) is 5.75 Å². The number of carbonyl (C=O) groups is 3. The molecule has 1 aliphatic heterocycles. The molecule has 1 saturated heterocycles. The second-order valence-electron chi connectivity index (χ2n) is 5.59. The Morgan fingerprint density at radius 2 is 1.84 bits per heavy atom. The highest BCUT2D eigenvalue weighted by Crippen LogP contribution is 2.32. The van der Waals surface area contributed by atoms with E-state index in [1.54, 1.807) is 18.2 Å². The molecule has 1 N–H and O–H groups in total. The predicted molar refractivity (Wildman–Crippen MR) is 99.1 cm³/mol. The number of hydrogen-bond acceptors (Lipinski definition) is 5. The second kappa shape index (κ2) is 8.58. The molecule has 3 amide bonds. The van der Waals surface area contributed by atoms with Gasteiger partial charge >= 0.3 is 0 Å². The highest BCUT2D eigenvalue weighted by atomic mass is 35.5. The third-order valence-electron chi connectivity index (χ3n) is 3.89. The van der Waals surface area contributed by atoms with Gasteiger partial charge in [0.25, 0.3) is 0 Å². The third kappa shape index (κ3) is 4.46. The summed E-state index contributed by atoms with van der Waals surface area (Å²) in [5.41, 5.74) is 0.394. The molecule has 0 spiro atoms. The number of hydrogen-bond donors (Lipinski definition) is 1. The number of nitrogens with zero attached hydrogens (tertiary/aromatic N) is 1. The first-order valence-corrected chi connectivity index (χ1v) is 9.37. The van der Waals surface area contributed by atoms with Gasteiger partial charge in [-0.25, -0.2) is 0 Å². The van der Waals surface area contributed by atoms with Crippen LogP contribution in [0.2, 0.25) is 5.02 Å². The number of amides is 3. The summed E-state index contributed by atoms with van der Waals surface area (Å²) in [6.45, 7) is 3.47. The van der Waals surface area contributed by atoms with Crippen molar-refractivity contribution in [3.8, 4) is 5.75 Å². The fourth-order valence-electron chi connectivity index (χ4n) is 2.58. The lowest BCUT2D eigenvalue weighted by Gasteiger charge is -2.34.